The monoisotopic (exact) mass is 960 g/mol. The zero-order valence-corrected chi connectivity index (χ0v) is 40.0. The Morgan fingerprint density at radius 2 is 1.00 bits per heavy atom. The van der Waals surface area contributed by atoms with Gasteiger partial charge in [0.05, 0.1) is 42.1 Å². The number of aromatic carboxylic acids is 2. The zero-order chi connectivity index (χ0) is 45.6. The molecule has 0 saturated heterocycles. The Kier molecular flexibility index (Phi) is 20.4. The fraction of sp³-hybridized carbons (Fsp3) is 0.105. The minimum atomic E-state index is -5.12. The van der Waals surface area contributed by atoms with Crippen LogP contribution in [0.2, 0.25) is 0 Å². The number of hydrogen-bond donors (Lipinski definition) is 6. The molecule has 24 nitrogen and oxygen atoms in total. The maximum absolute atomic E-state index is 12.5. The van der Waals surface area contributed by atoms with Gasteiger partial charge in [0, 0.05) is 27.6 Å². The first-order chi connectivity index (χ1) is 30.8. The van der Waals surface area contributed by atoms with Gasteiger partial charge in [0.1, 0.15) is 23.3 Å². The van der Waals surface area contributed by atoms with Crippen LogP contribution in [-0.4, -0.2) is 91.5 Å². The molecule has 0 amide bonds. The van der Waals surface area contributed by atoms with E-state index in [0.717, 1.165) is 6.07 Å². The molecule has 0 aliphatic rings. The van der Waals surface area contributed by atoms with Crippen LogP contribution in [0.4, 0.5) is 46.5 Å². The number of aliphatic hydroxyl groups is 2. The first kappa shape index (κ1) is 53.1. The van der Waals surface area contributed by atoms with Gasteiger partial charge in [-0.3, -0.25) is 5.04 Å². The van der Waals surface area contributed by atoms with Gasteiger partial charge in [0.2, 0.25) is 23.8 Å². The molecule has 28 heteroatoms. The number of carboxylic acids is 2. The van der Waals surface area contributed by atoms with Crippen molar-refractivity contribution in [1.82, 2.24) is 29.9 Å². The Morgan fingerprint density at radius 3 is 1.41 bits per heavy atom. The molecule has 4 aromatic carbocycles. The van der Waals surface area contributed by atoms with Crippen molar-refractivity contribution in [3.63, 3.8) is 0 Å². The molecular weight excluding hydrogens is 931 g/mol. The van der Waals surface area contributed by atoms with Gasteiger partial charge in [0.25, 0.3) is 0 Å². The largest absolute Gasteiger partial charge is 1.00 e. The van der Waals surface area contributed by atoms with Crippen LogP contribution in [0.15, 0.2) is 94.7 Å². The van der Waals surface area contributed by atoms with E-state index in [1.54, 1.807) is 12.1 Å². The van der Waals surface area contributed by atoms with Crippen LogP contribution in [0.3, 0.4) is 0 Å². The normalized spacial score (nSPS) is 10.9. The van der Waals surface area contributed by atoms with Crippen molar-refractivity contribution in [1.29, 1.82) is 0 Å². The average Bonchev–Trinajstić information content (AvgIpc) is 3.26. The second-order valence-electron chi connectivity index (χ2n) is 12.4. The van der Waals surface area contributed by atoms with Gasteiger partial charge < -0.3 is 70.6 Å². The third kappa shape index (κ3) is 15.5. The third-order valence-corrected chi connectivity index (χ3v) is 9.58. The number of carbonyl (C=O) groups is 2. The van der Waals surface area contributed by atoms with Gasteiger partial charge in [-0.2, -0.15) is 34.2 Å². The predicted octanol–water partition coefficient (Wildman–Crippen LogP) is -5.19. The van der Waals surface area contributed by atoms with Crippen LogP contribution in [0, 0.1) is 0 Å². The summed E-state index contributed by atoms with van der Waals surface area (Å²) >= 11 is 0.497. The molecule has 2 heterocycles. The van der Waals surface area contributed by atoms with Gasteiger partial charge in [-0.25, -0.2) is 8.42 Å². The first-order valence-electron chi connectivity index (χ1n) is 18.1. The molecule has 0 radical (unpaired) electrons. The maximum Gasteiger partial charge on any atom is 1.00 e. The fourth-order valence-electron chi connectivity index (χ4n) is 5.25. The Hall–Kier alpha value is -5.56. The van der Waals surface area contributed by atoms with Crippen molar-refractivity contribution in [2.24, 2.45) is 0 Å². The van der Waals surface area contributed by atoms with Gasteiger partial charge in [-0.05, 0) is 70.8 Å². The Labute approximate surface area is 422 Å². The van der Waals surface area contributed by atoms with Crippen molar-refractivity contribution < 1.29 is 126 Å². The van der Waals surface area contributed by atoms with Crippen LogP contribution in [-0.2, 0) is 19.5 Å². The number of anilines is 8. The summed E-state index contributed by atoms with van der Waals surface area (Å²) in [5.74, 6) is -3.08. The standard InChI is InChI=1S/C38H34N10O14S2.2Na/c49-15-17-59-37-45-33(39-25-9-5-23(6-10-25)31(51)52)43-35(47-37)41-27-13-3-21(29(19-27)63-62-61-55)1-2-22-4-14-28(20-30(22)64(56,57)58)42-36-44-34(46-38(48-36)60-18-16-50)40-26-11-7-24(8-12-26)32(53)54;;/h1-14,19-20,49-50,55H,15-18H2,(H,51,52)(H,53,54)(H,56,57,58)(H2,39,41,43,45,47)(H2,40,42,44,46,48);;/q;2*+1/p-4/b2-1+;;. The van der Waals surface area contributed by atoms with E-state index < -0.39 is 27.0 Å². The minimum absolute atomic E-state index is 0. The average molecular weight is 961 g/mol. The Morgan fingerprint density at radius 1 is 0.606 bits per heavy atom. The molecule has 0 aliphatic heterocycles. The topological polar surface area (TPSA) is 363 Å². The maximum atomic E-state index is 12.5. The summed E-state index contributed by atoms with van der Waals surface area (Å²) in [5, 5.41) is 66.6. The first-order valence-corrected chi connectivity index (χ1v) is 20.2. The Bertz CT molecular complexity index is 2760. The molecule has 0 atom stereocenters. The van der Waals surface area contributed by atoms with Gasteiger partial charge in [-0.1, -0.05) is 48.6 Å². The van der Waals surface area contributed by atoms with Gasteiger partial charge >= 0.3 is 71.1 Å². The number of aromatic nitrogens is 6. The van der Waals surface area contributed by atoms with E-state index in [1.165, 1.54) is 78.9 Å². The van der Waals surface area contributed by atoms with E-state index in [1.807, 2.05) is 0 Å². The van der Waals surface area contributed by atoms with Crippen molar-refractivity contribution in [3.8, 4) is 12.0 Å². The molecule has 6 aromatic rings. The molecule has 0 saturated carbocycles. The van der Waals surface area contributed by atoms with Crippen LogP contribution in [0.5, 0.6) is 12.0 Å². The minimum Gasteiger partial charge on any atom is -0.744 e. The number of rotatable bonds is 22. The van der Waals surface area contributed by atoms with E-state index in [-0.39, 0.29) is 149 Å². The second-order valence-corrected chi connectivity index (χ2v) is 14.5. The summed E-state index contributed by atoms with van der Waals surface area (Å²) < 4.78 is 52.9. The SMILES string of the molecule is O=C([O-])c1ccc(Nc2nc(Nc3ccc(/C=C/c4ccc(Nc5nc(Nc6ccc(C(=O)[O-])cc6)nc(OCCO)n5)cc4S(=O)(=O)[O-])c(SOO[O-])c3)nc(OCCO)n2)cc1.[Na+].[Na+]. The van der Waals surface area contributed by atoms with Crippen LogP contribution >= 0.6 is 12.0 Å². The Balaban J connectivity index is 0.00000476. The van der Waals surface area contributed by atoms with Crippen LogP contribution in [0.1, 0.15) is 31.8 Å². The summed E-state index contributed by atoms with van der Waals surface area (Å²) in [5.41, 5.74) is 1.35. The number of nitrogens with one attached hydrogen (secondary N) is 4. The molecule has 0 unspecified atom stereocenters. The van der Waals surface area contributed by atoms with E-state index >= 15 is 0 Å². The summed E-state index contributed by atoms with van der Waals surface area (Å²) in [4.78, 5) is 47.0. The number of carbonyl (C=O) groups excluding carboxylic acids is 2. The number of carboxylic acid groups (broad SMARTS) is 2. The number of hydrogen-bond acceptors (Lipinski definition) is 25. The smallest absolute Gasteiger partial charge is 0.744 e. The molecule has 0 aliphatic carbocycles. The van der Waals surface area contributed by atoms with Crippen molar-refractivity contribution in [2.45, 2.75) is 9.79 Å². The number of aliphatic hydroxyl groups excluding tert-OH is 2. The van der Waals surface area contributed by atoms with Crippen molar-refractivity contribution in [3.05, 3.63) is 107 Å². The summed E-state index contributed by atoms with van der Waals surface area (Å²) in [6, 6.07) is 18.9. The van der Waals surface area contributed by atoms with Crippen LogP contribution in [0.25, 0.3) is 12.2 Å². The molecule has 66 heavy (non-hydrogen) atoms. The van der Waals surface area contributed by atoms with E-state index in [4.69, 9.17) is 9.47 Å². The second kappa shape index (κ2) is 25.4. The molecule has 2 aromatic heterocycles. The molecule has 0 spiro atoms. The zero-order valence-electron chi connectivity index (χ0n) is 34.4. The summed E-state index contributed by atoms with van der Waals surface area (Å²) in [6.07, 6.45) is 2.76. The third-order valence-electron chi connectivity index (χ3n) is 8.03. The van der Waals surface area contributed by atoms with Gasteiger partial charge in [0.15, 0.2) is 0 Å². The fourth-order valence-corrected chi connectivity index (χ4v) is 6.46. The predicted molar refractivity (Wildman–Crippen MR) is 217 cm³/mol. The van der Waals surface area contributed by atoms with E-state index in [9.17, 15) is 48.2 Å². The molecular formula is C38H30N10Na2O14S2-2. The molecule has 6 rings (SSSR count). The van der Waals surface area contributed by atoms with Crippen molar-refractivity contribution >= 4 is 92.8 Å². The molecule has 0 bridgehead atoms. The van der Waals surface area contributed by atoms with E-state index in [2.05, 4.69) is 60.5 Å². The number of benzene rings is 4. The molecule has 332 valence electrons. The van der Waals surface area contributed by atoms with Crippen LogP contribution < -0.4 is 105 Å². The van der Waals surface area contributed by atoms with Gasteiger partial charge in [-0.15, -0.1) is 0 Å². The van der Waals surface area contributed by atoms with E-state index in [0.29, 0.717) is 34.7 Å². The summed E-state index contributed by atoms with van der Waals surface area (Å²) in [6.45, 7) is -1.06. The number of nitrogens with zero attached hydrogens (tertiary/aromatic N) is 6. The molecule has 6 N–H and O–H groups in total. The summed E-state index contributed by atoms with van der Waals surface area (Å²) in [7, 11) is -5.12. The quantitative estimate of drug-likeness (QED) is 0.00925. The number of ether oxygens (including phenoxy) is 2. The molecule has 0 fully saturated rings. The van der Waals surface area contributed by atoms with Crippen molar-refractivity contribution in [2.75, 3.05) is 47.7 Å².